The Kier molecular flexibility index (Phi) is 3.21. The topological polar surface area (TPSA) is 46.0 Å². The van der Waals surface area contributed by atoms with Crippen LogP contribution in [0.5, 0.6) is 0 Å². The van der Waals surface area contributed by atoms with Crippen molar-refractivity contribution in [3.8, 4) is 11.8 Å². The Morgan fingerprint density at radius 3 is 2.38 bits per heavy atom. The first-order valence-electron chi connectivity index (χ1n) is 7.78. The van der Waals surface area contributed by atoms with E-state index in [9.17, 15) is 5.26 Å². The van der Waals surface area contributed by atoms with Gasteiger partial charge in [-0.25, -0.2) is 0 Å². The van der Waals surface area contributed by atoms with Crippen LogP contribution in [-0.2, 0) is 7.05 Å². The van der Waals surface area contributed by atoms with Crippen LogP contribution < -0.4 is 5.49 Å². The standard InChI is InChI=1S/C20H16N4/c1-22-20-14(13-21)12-18-19(24(20)15-8-4-3-5-9-15)16-10-6-7-11-17(16)23(18)2/h3-12H,1-2H3. The second-order valence-corrected chi connectivity index (χ2v) is 5.70. The third kappa shape index (κ3) is 1.88. The largest absolute Gasteiger partial charge is 0.342 e. The van der Waals surface area contributed by atoms with Crippen LogP contribution in [0, 0.1) is 11.3 Å². The zero-order valence-corrected chi connectivity index (χ0v) is 13.6. The van der Waals surface area contributed by atoms with Crippen LogP contribution in [0.3, 0.4) is 0 Å². The molecule has 0 saturated heterocycles. The lowest BCUT2D eigenvalue weighted by atomic mass is 10.2. The van der Waals surface area contributed by atoms with E-state index in [1.807, 2.05) is 55.6 Å². The summed E-state index contributed by atoms with van der Waals surface area (Å²) in [4.78, 5) is 4.42. The van der Waals surface area contributed by atoms with Crippen molar-refractivity contribution in [3.05, 3.63) is 71.7 Å². The van der Waals surface area contributed by atoms with Gasteiger partial charge in [-0.2, -0.15) is 5.26 Å². The maximum Gasteiger partial charge on any atom is 0.150 e. The Bertz CT molecular complexity index is 1170. The molecule has 0 saturated carbocycles. The number of pyridine rings is 1. The lowest BCUT2D eigenvalue weighted by Crippen LogP contribution is -2.23. The van der Waals surface area contributed by atoms with Crippen molar-refractivity contribution >= 4 is 21.9 Å². The number of rotatable bonds is 1. The number of fused-ring (bicyclic) bond motifs is 3. The Hall–Kier alpha value is -3.32. The number of aryl methyl sites for hydroxylation is 1. The molecule has 116 valence electrons. The molecule has 0 atom stereocenters. The molecule has 0 unspecified atom stereocenters. The summed E-state index contributed by atoms with van der Waals surface area (Å²) in [5.41, 5.74) is 5.46. The van der Waals surface area contributed by atoms with E-state index in [2.05, 4.69) is 32.3 Å². The number of para-hydroxylation sites is 2. The minimum atomic E-state index is 0.569. The highest BCUT2D eigenvalue weighted by molar-refractivity contribution is 6.06. The van der Waals surface area contributed by atoms with Gasteiger partial charge in [-0.15, -0.1) is 0 Å². The van der Waals surface area contributed by atoms with E-state index in [1.54, 1.807) is 7.05 Å². The van der Waals surface area contributed by atoms with Crippen LogP contribution >= 0.6 is 0 Å². The van der Waals surface area contributed by atoms with Crippen molar-refractivity contribution in [2.75, 3.05) is 7.05 Å². The molecule has 0 radical (unpaired) electrons. The maximum absolute atomic E-state index is 9.61. The molecule has 2 aromatic carbocycles. The Morgan fingerprint density at radius 2 is 1.67 bits per heavy atom. The monoisotopic (exact) mass is 312 g/mol. The normalized spacial score (nSPS) is 12.0. The molecule has 4 heteroatoms. The lowest BCUT2D eigenvalue weighted by Gasteiger charge is -2.12. The van der Waals surface area contributed by atoms with E-state index in [-0.39, 0.29) is 0 Å². The predicted octanol–water partition coefficient (Wildman–Crippen LogP) is 3.52. The second-order valence-electron chi connectivity index (χ2n) is 5.70. The molecular formula is C20H16N4. The maximum atomic E-state index is 9.61. The number of hydrogen-bond donors (Lipinski definition) is 0. The molecule has 0 bridgehead atoms. The van der Waals surface area contributed by atoms with E-state index >= 15 is 0 Å². The molecule has 4 aromatic rings. The quantitative estimate of drug-likeness (QED) is 0.530. The van der Waals surface area contributed by atoms with E-state index in [4.69, 9.17) is 0 Å². The Labute approximate surface area is 139 Å². The average Bonchev–Trinajstić information content (AvgIpc) is 2.93. The number of benzene rings is 2. The number of hydrogen-bond acceptors (Lipinski definition) is 2. The van der Waals surface area contributed by atoms with Crippen molar-refractivity contribution in [1.82, 2.24) is 9.13 Å². The molecule has 24 heavy (non-hydrogen) atoms. The molecule has 0 aliphatic heterocycles. The molecule has 0 spiro atoms. The number of aromatic nitrogens is 2. The molecule has 0 aliphatic carbocycles. The highest BCUT2D eigenvalue weighted by atomic mass is 15.1. The minimum Gasteiger partial charge on any atom is -0.342 e. The fraction of sp³-hybridized carbons (Fsp3) is 0.100. The van der Waals surface area contributed by atoms with Gasteiger partial charge in [-0.1, -0.05) is 36.4 Å². The van der Waals surface area contributed by atoms with Crippen LogP contribution in [0.2, 0.25) is 0 Å². The van der Waals surface area contributed by atoms with Gasteiger partial charge in [0.15, 0.2) is 5.49 Å². The molecule has 0 fully saturated rings. The van der Waals surface area contributed by atoms with Crippen molar-refractivity contribution in [1.29, 1.82) is 5.26 Å². The Balaban J connectivity index is 2.36. The summed E-state index contributed by atoms with van der Waals surface area (Å²) in [6.45, 7) is 0. The van der Waals surface area contributed by atoms with E-state index in [0.29, 0.717) is 11.1 Å². The SMILES string of the molecule is CN=c1c(C#N)cc2c(c3ccccc3n2C)n1-c1ccccc1. The zero-order chi connectivity index (χ0) is 16.7. The van der Waals surface area contributed by atoms with Gasteiger partial charge in [0, 0.05) is 25.2 Å². The van der Waals surface area contributed by atoms with Crippen LogP contribution in [0.25, 0.3) is 27.6 Å². The predicted molar refractivity (Wildman–Crippen MR) is 96.0 cm³/mol. The van der Waals surface area contributed by atoms with E-state index < -0.39 is 0 Å². The summed E-state index contributed by atoms with van der Waals surface area (Å²) < 4.78 is 4.21. The molecule has 4 nitrogen and oxygen atoms in total. The first-order valence-corrected chi connectivity index (χ1v) is 7.78. The molecule has 2 heterocycles. The van der Waals surface area contributed by atoms with Crippen LogP contribution in [-0.4, -0.2) is 16.2 Å². The fourth-order valence-corrected chi connectivity index (χ4v) is 3.35. The number of nitrogens with zero attached hydrogens (tertiary/aromatic N) is 4. The van der Waals surface area contributed by atoms with Gasteiger partial charge in [-0.3, -0.25) is 9.56 Å². The third-order valence-electron chi connectivity index (χ3n) is 4.43. The highest BCUT2D eigenvalue weighted by Crippen LogP contribution is 2.29. The van der Waals surface area contributed by atoms with Gasteiger partial charge >= 0.3 is 0 Å². The summed E-state index contributed by atoms with van der Waals surface area (Å²) in [6, 6.07) is 22.6. The van der Waals surface area contributed by atoms with Gasteiger partial charge in [0.05, 0.1) is 22.1 Å². The van der Waals surface area contributed by atoms with E-state index in [0.717, 1.165) is 27.6 Å². The molecule has 0 aliphatic rings. The molecule has 2 aromatic heterocycles. The molecular weight excluding hydrogens is 296 g/mol. The third-order valence-corrected chi connectivity index (χ3v) is 4.43. The van der Waals surface area contributed by atoms with Crippen LogP contribution in [0.4, 0.5) is 0 Å². The average molecular weight is 312 g/mol. The van der Waals surface area contributed by atoms with Crippen LogP contribution in [0.1, 0.15) is 5.56 Å². The van der Waals surface area contributed by atoms with Gasteiger partial charge < -0.3 is 4.57 Å². The molecule has 0 N–H and O–H groups in total. The summed E-state index contributed by atoms with van der Waals surface area (Å²) in [5, 5.41) is 10.8. The van der Waals surface area contributed by atoms with Crippen molar-refractivity contribution in [3.63, 3.8) is 0 Å². The molecule has 0 amide bonds. The summed E-state index contributed by atoms with van der Waals surface area (Å²) in [6.07, 6.45) is 0. The van der Waals surface area contributed by atoms with Crippen molar-refractivity contribution < 1.29 is 0 Å². The Morgan fingerprint density at radius 1 is 0.958 bits per heavy atom. The smallest absolute Gasteiger partial charge is 0.150 e. The van der Waals surface area contributed by atoms with Crippen LogP contribution in [0.15, 0.2) is 65.7 Å². The van der Waals surface area contributed by atoms with Gasteiger partial charge in [0.1, 0.15) is 6.07 Å². The van der Waals surface area contributed by atoms with Crippen molar-refractivity contribution in [2.24, 2.45) is 12.0 Å². The summed E-state index contributed by atoms with van der Waals surface area (Å²) >= 11 is 0. The first kappa shape index (κ1) is 14.3. The van der Waals surface area contributed by atoms with E-state index in [1.165, 1.54) is 0 Å². The highest BCUT2D eigenvalue weighted by Gasteiger charge is 2.16. The van der Waals surface area contributed by atoms with Gasteiger partial charge in [0.25, 0.3) is 0 Å². The zero-order valence-electron chi connectivity index (χ0n) is 13.6. The summed E-state index contributed by atoms with van der Waals surface area (Å²) in [7, 11) is 3.76. The van der Waals surface area contributed by atoms with Gasteiger partial charge in [-0.05, 0) is 24.3 Å². The van der Waals surface area contributed by atoms with Crippen molar-refractivity contribution in [2.45, 2.75) is 0 Å². The molecule has 4 rings (SSSR count). The van der Waals surface area contributed by atoms with Gasteiger partial charge in [0.2, 0.25) is 0 Å². The fourth-order valence-electron chi connectivity index (χ4n) is 3.35. The second kappa shape index (κ2) is 5.39. The first-order chi connectivity index (χ1) is 11.8. The lowest BCUT2D eigenvalue weighted by molar-refractivity contribution is 0.959. The minimum absolute atomic E-state index is 0.569. The summed E-state index contributed by atoms with van der Waals surface area (Å²) in [5.74, 6) is 0. The number of nitriles is 1.